The maximum atomic E-state index is 12.0. The van der Waals surface area contributed by atoms with Crippen molar-refractivity contribution in [1.82, 2.24) is 10.6 Å². The Balaban J connectivity index is 2.66. The lowest BCUT2D eigenvalue weighted by molar-refractivity contribution is 0.0501. The number of nitrogens with one attached hydrogen (secondary N) is 2. The summed E-state index contributed by atoms with van der Waals surface area (Å²) in [5, 5.41) is 6.34. The summed E-state index contributed by atoms with van der Waals surface area (Å²) in [6, 6.07) is 10.4. The van der Waals surface area contributed by atoms with Gasteiger partial charge in [-0.1, -0.05) is 44.2 Å². The molecule has 118 valence electrons. The Bertz CT molecular complexity index is 424. The normalized spacial score (nSPS) is 13.0. The summed E-state index contributed by atoms with van der Waals surface area (Å²) >= 11 is 0. The molecule has 0 aliphatic rings. The van der Waals surface area contributed by atoms with E-state index in [9.17, 15) is 4.79 Å². The van der Waals surface area contributed by atoms with Gasteiger partial charge in [0.1, 0.15) is 5.60 Å². The van der Waals surface area contributed by atoms with Gasteiger partial charge in [0.25, 0.3) is 0 Å². The summed E-state index contributed by atoms with van der Waals surface area (Å²) in [6.45, 7) is 10.7. The van der Waals surface area contributed by atoms with Gasteiger partial charge in [0.15, 0.2) is 0 Å². The third-order valence-corrected chi connectivity index (χ3v) is 2.88. The quantitative estimate of drug-likeness (QED) is 0.841. The van der Waals surface area contributed by atoms with E-state index in [1.54, 1.807) is 0 Å². The van der Waals surface area contributed by atoms with Crippen molar-refractivity contribution in [3.63, 3.8) is 0 Å². The molecule has 1 atom stereocenters. The summed E-state index contributed by atoms with van der Waals surface area (Å²) in [5.41, 5.74) is 0.607. The van der Waals surface area contributed by atoms with Crippen LogP contribution in [0.1, 0.15) is 52.6 Å². The van der Waals surface area contributed by atoms with Crippen molar-refractivity contribution >= 4 is 6.09 Å². The predicted octanol–water partition coefficient (Wildman–Crippen LogP) is 3.64. The average molecular weight is 292 g/mol. The maximum absolute atomic E-state index is 12.0. The largest absolute Gasteiger partial charge is 0.444 e. The van der Waals surface area contributed by atoms with E-state index in [0.29, 0.717) is 6.04 Å². The SMILES string of the molecule is CC(C)NCCC(NC(=O)OC(C)(C)C)c1ccccc1. The molecule has 0 bridgehead atoms. The molecule has 0 saturated heterocycles. The van der Waals surface area contributed by atoms with Crippen LogP contribution in [-0.2, 0) is 4.74 Å². The first-order valence-electron chi connectivity index (χ1n) is 7.56. The molecule has 2 N–H and O–H groups in total. The first-order valence-corrected chi connectivity index (χ1v) is 7.56. The van der Waals surface area contributed by atoms with Crippen molar-refractivity contribution in [2.24, 2.45) is 0 Å². The first-order chi connectivity index (χ1) is 9.78. The van der Waals surface area contributed by atoms with Crippen molar-refractivity contribution in [3.05, 3.63) is 35.9 Å². The second-order valence-electron chi connectivity index (χ2n) is 6.51. The minimum atomic E-state index is -0.485. The van der Waals surface area contributed by atoms with Crippen molar-refractivity contribution in [2.75, 3.05) is 6.54 Å². The zero-order valence-corrected chi connectivity index (χ0v) is 13.8. The number of alkyl carbamates (subject to hydrolysis) is 1. The Morgan fingerprint density at radius 3 is 2.33 bits per heavy atom. The number of ether oxygens (including phenoxy) is 1. The van der Waals surface area contributed by atoms with Gasteiger partial charge in [-0.15, -0.1) is 0 Å². The molecule has 0 radical (unpaired) electrons. The summed E-state index contributed by atoms with van der Waals surface area (Å²) < 4.78 is 5.35. The van der Waals surface area contributed by atoms with Crippen LogP contribution in [-0.4, -0.2) is 24.3 Å². The highest BCUT2D eigenvalue weighted by atomic mass is 16.6. The standard InChI is InChI=1S/C17H28N2O2/c1-13(2)18-12-11-15(14-9-7-6-8-10-14)19-16(20)21-17(3,4)5/h6-10,13,15,18H,11-12H2,1-5H3,(H,19,20). The van der Waals surface area contributed by atoms with Crippen molar-refractivity contribution < 1.29 is 9.53 Å². The van der Waals surface area contributed by atoms with Gasteiger partial charge in [0.2, 0.25) is 0 Å². The van der Waals surface area contributed by atoms with Crippen LogP contribution in [0.15, 0.2) is 30.3 Å². The Kier molecular flexibility index (Phi) is 6.69. The zero-order chi connectivity index (χ0) is 15.9. The number of hydrogen-bond donors (Lipinski definition) is 2. The monoisotopic (exact) mass is 292 g/mol. The van der Waals surface area contributed by atoms with Crippen molar-refractivity contribution in [3.8, 4) is 0 Å². The Morgan fingerprint density at radius 1 is 1.19 bits per heavy atom. The second kappa shape index (κ2) is 8.03. The third-order valence-electron chi connectivity index (χ3n) is 2.88. The third kappa shape index (κ3) is 7.71. The van der Waals surface area contributed by atoms with E-state index in [1.165, 1.54) is 0 Å². The van der Waals surface area contributed by atoms with Gasteiger partial charge in [-0.2, -0.15) is 0 Å². The molecule has 0 aliphatic heterocycles. The molecule has 0 spiro atoms. The molecule has 0 aliphatic carbocycles. The highest BCUT2D eigenvalue weighted by Gasteiger charge is 2.20. The van der Waals surface area contributed by atoms with Gasteiger partial charge in [-0.25, -0.2) is 4.79 Å². The van der Waals surface area contributed by atoms with E-state index in [-0.39, 0.29) is 12.1 Å². The summed E-state index contributed by atoms with van der Waals surface area (Å²) in [4.78, 5) is 12.0. The van der Waals surface area contributed by atoms with Gasteiger partial charge >= 0.3 is 6.09 Å². The molecule has 1 unspecified atom stereocenters. The molecule has 1 rings (SSSR count). The van der Waals surface area contributed by atoms with E-state index < -0.39 is 5.60 Å². The minimum absolute atomic E-state index is 0.0488. The molecular weight excluding hydrogens is 264 g/mol. The molecule has 1 aromatic rings. The summed E-state index contributed by atoms with van der Waals surface area (Å²) in [7, 11) is 0. The fraction of sp³-hybridized carbons (Fsp3) is 0.588. The topological polar surface area (TPSA) is 50.4 Å². The van der Waals surface area contributed by atoms with Crippen LogP contribution in [0.4, 0.5) is 4.79 Å². The Morgan fingerprint density at radius 2 is 1.81 bits per heavy atom. The first kappa shape index (κ1) is 17.5. The van der Waals surface area contributed by atoms with Crippen molar-refractivity contribution in [2.45, 2.75) is 58.7 Å². The Labute approximate surface area is 128 Å². The molecule has 1 aromatic carbocycles. The molecule has 0 fully saturated rings. The van der Waals surface area contributed by atoms with E-state index in [1.807, 2.05) is 51.1 Å². The Hall–Kier alpha value is -1.55. The highest BCUT2D eigenvalue weighted by Crippen LogP contribution is 2.17. The van der Waals surface area contributed by atoms with Crippen molar-refractivity contribution in [1.29, 1.82) is 0 Å². The molecule has 0 aromatic heterocycles. The lowest BCUT2D eigenvalue weighted by Gasteiger charge is -2.24. The van der Waals surface area contributed by atoms with E-state index in [2.05, 4.69) is 24.5 Å². The van der Waals surface area contributed by atoms with Crippen LogP contribution in [0.3, 0.4) is 0 Å². The van der Waals surface area contributed by atoms with Crippen LogP contribution in [0.25, 0.3) is 0 Å². The lowest BCUT2D eigenvalue weighted by Crippen LogP contribution is -2.36. The molecule has 4 heteroatoms. The molecule has 1 amide bonds. The van der Waals surface area contributed by atoms with Crippen LogP contribution in [0.2, 0.25) is 0 Å². The number of carbonyl (C=O) groups is 1. The smallest absolute Gasteiger partial charge is 0.408 e. The fourth-order valence-electron chi connectivity index (χ4n) is 1.97. The van der Waals surface area contributed by atoms with Gasteiger partial charge in [0, 0.05) is 6.04 Å². The van der Waals surface area contributed by atoms with E-state index in [4.69, 9.17) is 4.74 Å². The number of carbonyl (C=O) groups excluding carboxylic acids is 1. The van der Waals surface area contributed by atoms with E-state index in [0.717, 1.165) is 18.5 Å². The van der Waals surface area contributed by atoms with Gasteiger partial charge < -0.3 is 15.4 Å². The number of hydrogen-bond acceptors (Lipinski definition) is 3. The van der Waals surface area contributed by atoms with E-state index >= 15 is 0 Å². The number of rotatable bonds is 6. The van der Waals surface area contributed by atoms with Crippen LogP contribution < -0.4 is 10.6 Å². The highest BCUT2D eigenvalue weighted by molar-refractivity contribution is 5.68. The van der Waals surface area contributed by atoms with Gasteiger partial charge in [-0.3, -0.25) is 0 Å². The molecule has 0 heterocycles. The number of amides is 1. The van der Waals surface area contributed by atoms with Gasteiger partial charge in [0.05, 0.1) is 6.04 Å². The lowest BCUT2D eigenvalue weighted by atomic mass is 10.0. The summed E-state index contributed by atoms with van der Waals surface area (Å²) in [5.74, 6) is 0. The minimum Gasteiger partial charge on any atom is -0.444 e. The average Bonchev–Trinajstić information content (AvgIpc) is 2.36. The zero-order valence-electron chi connectivity index (χ0n) is 13.8. The van der Waals surface area contributed by atoms with Crippen LogP contribution in [0, 0.1) is 0 Å². The maximum Gasteiger partial charge on any atom is 0.408 e. The molecule has 0 saturated carbocycles. The molecule has 21 heavy (non-hydrogen) atoms. The predicted molar refractivity (Wildman–Crippen MR) is 86.3 cm³/mol. The molecule has 4 nitrogen and oxygen atoms in total. The van der Waals surface area contributed by atoms with Gasteiger partial charge in [-0.05, 0) is 39.3 Å². The fourth-order valence-corrected chi connectivity index (χ4v) is 1.97. The molecular formula is C17H28N2O2. The number of benzene rings is 1. The second-order valence-corrected chi connectivity index (χ2v) is 6.51. The van der Waals surface area contributed by atoms with Crippen LogP contribution in [0.5, 0.6) is 0 Å². The summed E-state index contributed by atoms with van der Waals surface area (Å²) in [6.07, 6.45) is 0.447. The van der Waals surface area contributed by atoms with Crippen LogP contribution >= 0.6 is 0 Å².